The average molecular weight is 288 g/mol. The lowest BCUT2D eigenvalue weighted by atomic mass is 9.90. The maximum atomic E-state index is 6.04. The van der Waals surface area contributed by atoms with Crippen LogP contribution in [0, 0.1) is 12.8 Å². The second-order valence-corrected chi connectivity index (χ2v) is 6.50. The Bertz CT molecular complexity index is 449. The third-order valence-electron chi connectivity index (χ3n) is 4.84. The van der Waals surface area contributed by atoms with Gasteiger partial charge in [-0.2, -0.15) is 0 Å². The van der Waals surface area contributed by atoms with Crippen LogP contribution in [0.2, 0.25) is 0 Å². The first-order valence-corrected chi connectivity index (χ1v) is 8.52. The number of ether oxygens (including phenoxy) is 1. The molecule has 21 heavy (non-hydrogen) atoms. The highest BCUT2D eigenvalue weighted by Gasteiger charge is 2.15. The van der Waals surface area contributed by atoms with E-state index in [1.807, 2.05) is 0 Å². The van der Waals surface area contributed by atoms with E-state index in [1.165, 1.54) is 43.4 Å². The average Bonchev–Trinajstić information content (AvgIpc) is 2.55. The molecule has 0 bridgehead atoms. The van der Waals surface area contributed by atoms with Gasteiger partial charge in [0, 0.05) is 31.9 Å². The summed E-state index contributed by atoms with van der Waals surface area (Å²) in [6.07, 6.45) is 6.87. The number of hydrogen-bond donors (Lipinski definition) is 1. The Labute approximate surface area is 128 Å². The highest BCUT2D eigenvalue weighted by Crippen LogP contribution is 2.27. The number of aryl methyl sites for hydroxylation is 1. The largest absolute Gasteiger partial charge is 0.493 e. The highest BCUT2D eigenvalue weighted by atomic mass is 16.5. The molecule has 1 heterocycles. The third kappa shape index (κ3) is 3.91. The number of hydrogen-bond acceptors (Lipinski definition) is 3. The van der Waals surface area contributed by atoms with Crippen LogP contribution in [0.1, 0.15) is 37.7 Å². The lowest BCUT2D eigenvalue weighted by Gasteiger charge is -2.31. The second kappa shape index (κ2) is 7.17. The van der Waals surface area contributed by atoms with Crippen molar-refractivity contribution in [2.24, 2.45) is 5.92 Å². The summed E-state index contributed by atoms with van der Waals surface area (Å²) in [6, 6.07) is 6.59. The number of anilines is 1. The summed E-state index contributed by atoms with van der Waals surface area (Å²) < 4.78 is 6.04. The molecule has 1 aliphatic carbocycles. The number of rotatable bonds is 4. The Balaban J connectivity index is 1.58. The molecule has 3 heteroatoms. The number of nitrogens with zero attached hydrogens (tertiary/aromatic N) is 1. The summed E-state index contributed by atoms with van der Waals surface area (Å²) in [5.41, 5.74) is 2.69. The Morgan fingerprint density at radius 1 is 1.14 bits per heavy atom. The summed E-state index contributed by atoms with van der Waals surface area (Å²) in [7, 11) is 0. The number of nitrogens with one attached hydrogen (secondary N) is 1. The highest BCUT2D eigenvalue weighted by molar-refractivity contribution is 5.56. The van der Waals surface area contributed by atoms with Gasteiger partial charge in [-0.05, 0) is 49.4 Å². The van der Waals surface area contributed by atoms with E-state index < -0.39 is 0 Å². The van der Waals surface area contributed by atoms with Gasteiger partial charge < -0.3 is 15.0 Å². The SMILES string of the molecule is Cc1cc(OCC2CCCCC2)ccc1N1CCNCC1. The van der Waals surface area contributed by atoms with Gasteiger partial charge in [-0.25, -0.2) is 0 Å². The molecule has 116 valence electrons. The lowest BCUT2D eigenvalue weighted by molar-refractivity contribution is 0.209. The van der Waals surface area contributed by atoms with Crippen molar-refractivity contribution in [3.8, 4) is 5.75 Å². The topological polar surface area (TPSA) is 24.5 Å². The molecule has 2 fully saturated rings. The predicted octanol–water partition coefficient (Wildman–Crippen LogP) is 3.36. The maximum Gasteiger partial charge on any atom is 0.119 e. The molecule has 1 aromatic carbocycles. The minimum absolute atomic E-state index is 0.770. The molecule has 0 atom stereocenters. The second-order valence-electron chi connectivity index (χ2n) is 6.50. The molecule has 1 saturated heterocycles. The summed E-state index contributed by atoms with van der Waals surface area (Å²) >= 11 is 0. The van der Waals surface area contributed by atoms with Crippen molar-refractivity contribution in [2.45, 2.75) is 39.0 Å². The van der Waals surface area contributed by atoms with Gasteiger partial charge in [-0.1, -0.05) is 19.3 Å². The van der Waals surface area contributed by atoms with Crippen molar-refractivity contribution in [3.05, 3.63) is 23.8 Å². The van der Waals surface area contributed by atoms with Crippen LogP contribution in [0.25, 0.3) is 0 Å². The van der Waals surface area contributed by atoms with Crippen LogP contribution in [0.5, 0.6) is 5.75 Å². The Hall–Kier alpha value is -1.22. The quantitative estimate of drug-likeness (QED) is 0.919. The van der Waals surface area contributed by atoms with Gasteiger partial charge in [0.1, 0.15) is 5.75 Å². The molecule has 3 nitrogen and oxygen atoms in total. The van der Waals surface area contributed by atoms with Gasteiger partial charge in [0.2, 0.25) is 0 Å². The van der Waals surface area contributed by atoms with Gasteiger partial charge in [0.05, 0.1) is 6.61 Å². The first-order chi connectivity index (χ1) is 10.3. The van der Waals surface area contributed by atoms with Crippen molar-refractivity contribution < 1.29 is 4.74 Å². The van der Waals surface area contributed by atoms with E-state index in [9.17, 15) is 0 Å². The molecule has 0 spiro atoms. The van der Waals surface area contributed by atoms with E-state index in [-0.39, 0.29) is 0 Å². The molecule has 1 aromatic rings. The normalized spacial score (nSPS) is 20.5. The monoisotopic (exact) mass is 288 g/mol. The van der Waals surface area contributed by atoms with E-state index in [1.54, 1.807) is 0 Å². The fourth-order valence-electron chi connectivity index (χ4n) is 3.55. The molecular weight excluding hydrogens is 260 g/mol. The zero-order valence-corrected chi connectivity index (χ0v) is 13.2. The van der Waals surface area contributed by atoms with Crippen molar-refractivity contribution in [3.63, 3.8) is 0 Å². The van der Waals surface area contributed by atoms with Gasteiger partial charge in [0.15, 0.2) is 0 Å². The zero-order valence-electron chi connectivity index (χ0n) is 13.2. The molecular formula is C18H28N2O. The molecule has 1 saturated carbocycles. The summed E-state index contributed by atoms with van der Waals surface area (Å²) in [4.78, 5) is 2.47. The van der Waals surface area contributed by atoms with Crippen LogP contribution in [0.3, 0.4) is 0 Å². The van der Waals surface area contributed by atoms with Crippen LogP contribution in [-0.2, 0) is 0 Å². The maximum absolute atomic E-state index is 6.04. The van der Waals surface area contributed by atoms with E-state index >= 15 is 0 Å². The summed E-state index contributed by atoms with van der Waals surface area (Å²) in [5, 5.41) is 3.41. The zero-order chi connectivity index (χ0) is 14.5. The molecule has 0 amide bonds. The van der Waals surface area contributed by atoms with Crippen molar-refractivity contribution >= 4 is 5.69 Å². The fraction of sp³-hybridized carbons (Fsp3) is 0.667. The summed E-state index contributed by atoms with van der Waals surface area (Å²) in [5.74, 6) is 1.81. The van der Waals surface area contributed by atoms with Crippen molar-refractivity contribution in [1.82, 2.24) is 5.32 Å². The number of piperazine rings is 1. The third-order valence-corrected chi connectivity index (χ3v) is 4.84. The standard InChI is InChI=1S/C18H28N2O/c1-15-13-17(21-14-16-5-3-2-4-6-16)7-8-18(15)20-11-9-19-10-12-20/h7-8,13,16,19H,2-6,9-12,14H2,1H3. The van der Waals surface area contributed by atoms with Crippen LogP contribution in [-0.4, -0.2) is 32.8 Å². The minimum Gasteiger partial charge on any atom is -0.493 e. The van der Waals surface area contributed by atoms with Gasteiger partial charge >= 0.3 is 0 Å². The van der Waals surface area contributed by atoms with Crippen molar-refractivity contribution in [2.75, 3.05) is 37.7 Å². The molecule has 0 unspecified atom stereocenters. The first-order valence-electron chi connectivity index (χ1n) is 8.52. The fourth-order valence-corrected chi connectivity index (χ4v) is 3.55. The van der Waals surface area contributed by atoms with Crippen molar-refractivity contribution in [1.29, 1.82) is 0 Å². The molecule has 0 radical (unpaired) electrons. The molecule has 1 N–H and O–H groups in total. The summed E-state index contributed by atoms with van der Waals surface area (Å²) in [6.45, 7) is 7.46. The van der Waals surface area contributed by atoms with Crippen LogP contribution in [0.15, 0.2) is 18.2 Å². The van der Waals surface area contributed by atoms with E-state index in [0.717, 1.165) is 44.5 Å². The predicted molar refractivity (Wildman–Crippen MR) is 88.3 cm³/mol. The molecule has 1 aliphatic heterocycles. The Morgan fingerprint density at radius 2 is 1.90 bits per heavy atom. The molecule has 0 aromatic heterocycles. The van der Waals surface area contributed by atoms with E-state index in [2.05, 4.69) is 35.3 Å². The van der Waals surface area contributed by atoms with Crippen LogP contribution >= 0.6 is 0 Å². The van der Waals surface area contributed by atoms with Gasteiger partial charge in [0.25, 0.3) is 0 Å². The Kier molecular flexibility index (Phi) is 5.02. The first kappa shape index (κ1) is 14.7. The van der Waals surface area contributed by atoms with E-state index in [0.29, 0.717) is 0 Å². The van der Waals surface area contributed by atoms with Gasteiger partial charge in [-0.3, -0.25) is 0 Å². The van der Waals surface area contributed by atoms with Crippen LogP contribution < -0.4 is 15.0 Å². The van der Waals surface area contributed by atoms with Crippen LogP contribution in [0.4, 0.5) is 5.69 Å². The minimum atomic E-state index is 0.770. The lowest BCUT2D eigenvalue weighted by Crippen LogP contribution is -2.43. The van der Waals surface area contributed by atoms with Gasteiger partial charge in [-0.15, -0.1) is 0 Å². The number of benzene rings is 1. The Morgan fingerprint density at radius 3 is 2.62 bits per heavy atom. The van der Waals surface area contributed by atoms with E-state index in [4.69, 9.17) is 4.74 Å². The molecule has 3 rings (SSSR count). The molecule has 2 aliphatic rings. The smallest absolute Gasteiger partial charge is 0.119 e.